The summed E-state index contributed by atoms with van der Waals surface area (Å²) < 4.78 is 1.26. The predicted molar refractivity (Wildman–Crippen MR) is 142 cm³/mol. The molecule has 3 aromatic rings. The maximum absolute atomic E-state index is 12.8. The van der Waals surface area contributed by atoms with Crippen molar-refractivity contribution in [3.8, 4) is 10.6 Å². The Morgan fingerprint density at radius 1 is 1.18 bits per heavy atom. The van der Waals surface area contributed by atoms with Crippen LogP contribution < -0.4 is 5.32 Å². The van der Waals surface area contributed by atoms with Crippen LogP contribution in [0.3, 0.4) is 0 Å². The van der Waals surface area contributed by atoms with Crippen LogP contribution in [0, 0.1) is 5.92 Å². The third-order valence-corrected chi connectivity index (χ3v) is 9.13. The van der Waals surface area contributed by atoms with Crippen LogP contribution in [0.2, 0.25) is 0 Å². The fourth-order valence-corrected chi connectivity index (χ4v) is 7.59. The van der Waals surface area contributed by atoms with Crippen molar-refractivity contribution < 1.29 is 4.79 Å². The monoisotopic (exact) mass is 478 g/mol. The topological polar surface area (TPSA) is 42.0 Å². The molecule has 1 aliphatic heterocycles. The number of rotatable bonds is 8. The highest BCUT2D eigenvalue weighted by atomic mass is 32.1. The molecule has 5 heteroatoms. The predicted octanol–water partition coefficient (Wildman–Crippen LogP) is 7.57. The molecule has 0 atom stereocenters. The van der Waals surface area contributed by atoms with E-state index in [4.69, 9.17) is 4.98 Å². The lowest BCUT2D eigenvalue weighted by Crippen LogP contribution is -2.22. The van der Waals surface area contributed by atoms with Crippen LogP contribution >= 0.6 is 22.7 Å². The zero-order valence-electron chi connectivity index (χ0n) is 19.8. The molecule has 0 amide bonds. The Labute approximate surface area is 205 Å². The van der Waals surface area contributed by atoms with E-state index in [1.807, 2.05) is 11.3 Å². The van der Waals surface area contributed by atoms with Gasteiger partial charge in [-0.3, -0.25) is 4.79 Å². The minimum absolute atomic E-state index is 0.371. The molecular formula is C28H34N2OS2. The van der Waals surface area contributed by atoms with Gasteiger partial charge in [0.1, 0.15) is 10.8 Å². The van der Waals surface area contributed by atoms with Gasteiger partial charge in [0.25, 0.3) is 0 Å². The molecule has 1 aromatic carbocycles. The molecule has 0 unspecified atom stereocenters. The first-order valence-corrected chi connectivity index (χ1v) is 14.2. The zero-order valence-corrected chi connectivity index (χ0v) is 21.5. The lowest BCUT2D eigenvalue weighted by molar-refractivity contribution is -0.118. The summed E-state index contributed by atoms with van der Waals surface area (Å²) in [6, 6.07) is 6.77. The van der Waals surface area contributed by atoms with Crippen molar-refractivity contribution in [2.75, 3.05) is 6.54 Å². The van der Waals surface area contributed by atoms with Crippen molar-refractivity contribution in [2.24, 2.45) is 5.92 Å². The van der Waals surface area contributed by atoms with Crippen molar-refractivity contribution in [2.45, 2.75) is 78.2 Å². The molecular weight excluding hydrogens is 444 g/mol. The van der Waals surface area contributed by atoms with Gasteiger partial charge in [-0.1, -0.05) is 32.4 Å². The number of aromatic nitrogens is 1. The largest absolute Gasteiger partial charge is 0.312 e. The van der Waals surface area contributed by atoms with Crippen LogP contribution in [0.1, 0.15) is 79.7 Å². The van der Waals surface area contributed by atoms with E-state index in [9.17, 15) is 4.79 Å². The molecule has 0 saturated carbocycles. The number of carbonyl (C=O) groups is 1. The Kier molecular flexibility index (Phi) is 7.10. The maximum Gasteiger partial charge on any atom is 0.138 e. The van der Waals surface area contributed by atoms with Gasteiger partial charge >= 0.3 is 0 Å². The van der Waals surface area contributed by atoms with Crippen molar-refractivity contribution in [3.05, 3.63) is 45.2 Å². The number of nitrogens with zero attached hydrogens (tertiary/aromatic N) is 1. The number of fused-ring (bicyclic) bond motifs is 2. The molecule has 0 bridgehead atoms. The first-order valence-electron chi connectivity index (χ1n) is 12.5. The number of hydrogen-bond donors (Lipinski definition) is 1. The Balaban J connectivity index is 1.46. The highest BCUT2D eigenvalue weighted by molar-refractivity contribution is 7.22. The number of nitrogens with one attached hydrogen (secondary N) is 1. The van der Waals surface area contributed by atoms with E-state index < -0.39 is 0 Å². The number of Topliss-reactive ketones (excluding diaryl/α,β-unsaturated/α-hetero) is 1. The summed E-state index contributed by atoms with van der Waals surface area (Å²) in [4.78, 5) is 20.6. The minimum Gasteiger partial charge on any atom is -0.312 e. The van der Waals surface area contributed by atoms with Crippen LogP contribution in [-0.4, -0.2) is 17.3 Å². The molecule has 174 valence electrons. The van der Waals surface area contributed by atoms with Crippen LogP contribution in [0.25, 0.3) is 26.4 Å². The highest BCUT2D eigenvalue weighted by Crippen LogP contribution is 2.42. The van der Waals surface area contributed by atoms with E-state index in [0.29, 0.717) is 24.5 Å². The van der Waals surface area contributed by atoms with Gasteiger partial charge in [-0.25, -0.2) is 4.98 Å². The average molecular weight is 479 g/mol. The zero-order chi connectivity index (χ0) is 22.8. The lowest BCUT2D eigenvalue weighted by Gasteiger charge is -2.13. The number of carbonyl (C=O) groups excluding carboxylic acids is 1. The number of thiazole rings is 1. The summed E-state index contributed by atoms with van der Waals surface area (Å²) >= 11 is 3.64. The Hall–Kier alpha value is -1.82. The molecule has 0 fully saturated rings. The van der Waals surface area contributed by atoms with Crippen molar-refractivity contribution in [1.29, 1.82) is 0 Å². The second kappa shape index (κ2) is 10.2. The lowest BCUT2D eigenvalue weighted by atomic mass is 9.94. The number of allylic oxidation sites excluding steroid dienone is 2. The van der Waals surface area contributed by atoms with E-state index in [1.165, 1.54) is 62.4 Å². The van der Waals surface area contributed by atoms with E-state index >= 15 is 0 Å². The summed E-state index contributed by atoms with van der Waals surface area (Å²) in [5, 5.41) is 4.61. The summed E-state index contributed by atoms with van der Waals surface area (Å²) in [5.41, 5.74) is 6.63. The van der Waals surface area contributed by atoms with E-state index in [-0.39, 0.29) is 0 Å². The quantitative estimate of drug-likeness (QED) is 0.363. The van der Waals surface area contributed by atoms with Gasteiger partial charge in [-0.2, -0.15) is 0 Å². The van der Waals surface area contributed by atoms with Crippen LogP contribution in [0.15, 0.2) is 24.3 Å². The van der Waals surface area contributed by atoms with Crippen LogP contribution in [-0.2, 0) is 24.2 Å². The van der Waals surface area contributed by atoms with Crippen LogP contribution in [0.5, 0.6) is 0 Å². The normalized spacial score (nSPS) is 16.3. The van der Waals surface area contributed by atoms with Gasteiger partial charge in [0.2, 0.25) is 0 Å². The molecule has 2 aromatic heterocycles. The van der Waals surface area contributed by atoms with E-state index in [2.05, 4.69) is 43.4 Å². The Morgan fingerprint density at radius 2 is 2.09 bits per heavy atom. The first-order chi connectivity index (χ1) is 16.1. The number of ketones is 1. The molecule has 0 radical (unpaired) electrons. The average Bonchev–Trinajstić information content (AvgIpc) is 3.39. The van der Waals surface area contributed by atoms with Gasteiger partial charge in [0.05, 0.1) is 10.2 Å². The maximum atomic E-state index is 12.8. The van der Waals surface area contributed by atoms with Gasteiger partial charge < -0.3 is 5.32 Å². The van der Waals surface area contributed by atoms with E-state index in [1.54, 1.807) is 11.3 Å². The molecule has 33 heavy (non-hydrogen) atoms. The first kappa shape index (κ1) is 22.9. The summed E-state index contributed by atoms with van der Waals surface area (Å²) in [6.45, 7) is 6.37. The molecule has 1 N–H and O–H groups in total. The number of hydrogen-bond acceptors (Lipinski definition) is 5. The molecule has 0 saturated heterocycles. The van der Waals surface area contributed by atoms with Crippen molar-refractivity contribution in [1.82, 2.24) is 10.3 Å². The van der Waals surface area contributed by atoms with Gasteiger partial charge in [0.15, 0.2) is 0 Å². The fourth-order valence-electron chi connectivity index (χ4n) is 5.07. The standard InChI is InChI=1S/C28H34N2OS2/c1-18(2)7-6-10-21(31)16-25-27(22-13-14-29-17-26(22)32-25)28-30-23-12-11-20(15-24(23)33-28)19-8-4-3-5-9-19/h8,11-12,15,18,29H,3-7,9-10,13-14,16-17H2,1-2H3. The van der Waals surface area contributed by atoms with Gasteiger partial charge in [-0.05, 0) is 79.8 Å². The molecule has 1 aliphatic carbocycles. The summed E-state index contributed by atoms with van der Waals surface area (Å²) in [7, 11) is 0. The molecule has 2 aliphatic rings. The Bertz CT molecular complexity index is 1180. The van der Waals surface area contributed by atoms with Crippen molar-refractivity contribution in [3.63, 3.8) is 0 Å². The summed E-state index contributed by atoms with van der Waals surface area (Å²) in [6.07, 6.45) is 11.8. The van der Waals surface area contributed by atoms with Crippen LogP contribution in [0.4, 0.5) is 0 Å². The highest BCUT2D eigenvalue weighted by Gasteiger charge is 2.25. The summed E-state index contributed by atoms with van der Waals surface area (Å²) in [5.74, 6) is 1.03. The van der Waals surface area contributed by atoms with Gasteiger partial charge in [0, 0.05) is 34.7 Å². The minimum atomic E-state index is 0.371. The number of thiophene rings is 1. The fraction of sp³-hybridized carbons (Fsp3) is 0.500. The molecule has 3 heterocycles. The third-order valence-electron chi connectivity index (χ3n) is 6.86. The van der Waals surface area contributed by atoms with Gasteiger partial charge in [-0.15, -0.1) is 22.7 Å². The molecule has 0 spiro atoms. The van der Waals surface area contributed by atoms with Crippen molar-refractivity contribution >= 4 is 44.2 Å². The second-order valence-corrected chi connectivity index (χ2v) is 12.1. The second-order valence-electron chi connectivity index (χ2n) is 9.91. The number of benzene rings is 1. The molecule has 3 nitrogen and oxygen atoms in total. The van der Waals surface area contributed by atoms with E-state index in [0.717, 1.165) is 42.9 Å². The SMILES string of the molecule is CC(C)CCCC(=O)Cc1sc2c(c1-c1nc3ccc(C4=CCCCC4)cc3s1)CCNC2. The Morgan fingerprint density at radius 3 is 2.91 bits per heavy atom. The third kappa shape index (κ3) is 5.16. The smallest absolute Gasteiger partial charge is 0.138 e. The molecule has 5 rings (SSSR count).